The van der Waals surface area contributed by atoms with Crippen LogP contribution in [0.5, 0.6) is 0 Å². The number of carbonyl (C=O) groups excluding carboxylic acids is 1. The molecule has 40 heavy (non-hydrogen) atoms. The van der Waals surface area contributed by atoms with Crippen molar-refractivity contribution in [1.82, 2.24) is 24.4 Å². The van der Waals surface area contributed by atoms with Crippen LogP contribution in [0.2, 0.25) is 0 Å². The van der Waals surface area contributed by atoms with Crippen LogP contribution < -0.4 is 4.90 Å². The highest BCUT2D eigenvalue weighted by Gasteiger charge is 2.45. The number of ketones is 1. The Bertz CT molecular complexity index is 1680. The Kier molecular flexibility index (Phi) is 6.54. The lowest BCUT2D eigenvalue weighted by molar-refractivity contribution is -0.117. The molecule has 6 rings (SSSR count). The maximum absolute atomic E-state index is 12.7. The van der Waals surface area contributed by atoms with Crippen molar-refractivity contribution in [3.8, 4) is 11.3 Å². The van der Waals surface area contributed by atoms with Crippen molar-refractivity contribution in [2.45, 2.75) is 57.4 Å². The fourth-order valence-corrected chi connectivity index (χ4v) is 6.15. The highest BCUT2D eigenvalue weighted by atomic mass is 32.1. The maximum atomic E-state index is 12.7. The lowest BCUT2D eigenvalue weighted by Crippen LogP contribution is -2.41. The van der Waals surface area contributed by atoms with Crippen molar-refractivity contribution >= 4 is 38.2 Å². The Balaban J connectivity index is 1.13. The van der Waals surface area contributed by atoms with E-state index in [0.29, 0.717) is 12.1 Å². The molecule has 1 fully saturated rings. The van der Waals surface area contributed by atoms with Gasteiger partial charge in [0.25, 0.3) is 0 Å². The van der Waals surface area contributed by atoms with Crippen molar-refractivity contribution in [3.05, 3.63) is 65.7 Å². The Morgan fingerprint density at radius 2 is 1.80 bits per heavy atom. The summed E-state index contributed by atoms with van der Waals surface area (Å²) in [5, 5.41) is 4.08. The number of aromatic nitrogens is 4. The number of fused-ring (bicyclic) bond motifs is 3. The summed E-state index contributed by atoms with van der Waals surface area (Å²) < 4.78 is 7.54. The van der Waals surface area contributed by atoms with Crippen molar-refractivity contribution in [2.24, 2.45) is 0 Å². The molecule has 4 aromatic heterocycles. The lowest BCUT2D eigenvalue weighted by Gasteiger charge is -2.29. The number of anilines is 1. The predicted molar refractivity (Wildman–Crippen MR) is 160 cm³/mol. The molecule has 0 saturated heterocycles. The average molecular weight is 557 g/mol. The Hall–Kier alpha value is -3.56. The summed E-state index contributed by atoms with van der Waals surface area (Å²) in [6.07, 6.45) is 5.18. The van der Waals surface area contributed by atoms with E-state index in [-0.39, 0.29) is 23.2 Å². The summed E-state index contributed by atoms with van der Waals surface area (Å²) >= 11 is 1.61. The van der Waals surface area contributed by atoms with Crippen LogP contribution in [0.4, 0.5) is 5.82 Å². The molecule has 208 valence electrons. The minimum Gasteiger partial charge on any atom is -0.361 e. The highest BCUT2D eigenvalue weighted by Crippen LogP contribution is 2.41. The number of benzene rings is 1. The van der Waals surface area contributed by atoms with Gasteiger partial charge in [-0.05, 0) is 44.6 Å². The normalized spacial score (nSPS) is 14.9. The molecule has 0 unspecified atom stereocenters. The van der Waals surface area contributed by atoms with Crippen LogP contribution in [-0.2, 0) is 23.1 Å². The van der Waals surface area contributed by atoms with Gasteiger partial charge in [0.1, 0.15) is 22.2 Å². The smallest absolute Gasteiger partial charge is 0.196 e. The monoisotopic (exact) mass is 556 g/mol. The molecule has 0 spiro atoms. The number of likely N-dealkylation sites (N-methyl/N-ethyl adjacent to an activating group) is 2. The number of nitrogens with zero attached hydrogens (tertiary/aromatic N) is 6. The van der Waals surface area contributed by atoms with E-state index in [1.807, 2.05) is 30.3 Å². The zero-order valence-electron chi connectivity index (χ0n) is 24.1. The van der Waals surface area contributed by atoms with Crippen LogP contribution in [0.15, 0.2) is 53.2 Å². The van der Waals surface area contributed by atoms with Gasteiger partial charge >= 0.3 is 0 Å². The standard InChI is InChI=1S/C31H36N6O2S/c1-30(2,3)26-17-22(34-39-26)16-23(38)15-20-7-9-21(10-8-20)24-18-37-25-11-12-27(33-28(25)40-29(37)32-24)36(6)19-31(13-14-31)35(4)5/h7-12,17-18H,13-16,19H2,1-6H3. The summed E-state index contributed by atoms with van der Waals surface area (Å²) in [7, 11) is 6.46. The molecule has 0 amide bonds. The van der Waals surface area contributed by atoms with E-state index >= 15 is 0 Å². The van der Waals surface area contributed by atoms with Gasteiger partial charge in [-0.1, -0.05) is 61.5 Å². The van der Waals surface area contributed by atoms with Gasteiger partial charge in [0.15, 0.2) is 4.96 Å². The summed E-state index contributed by atoms with van der Waals surface area (Å²) in [5.74, 6) is 1.90. The summed E-state index contributed by atoms with van der Waals surface area (Å²) in [6.45, 7) is 7.17. The molecule has 8 nitrogen and oxygen atoms in total. The fraction of sp³-hybridized carbons (Fsp3) is 0.419. The number of carbonyl (C=O) groups is 1. The number of hydrogen-bond acceptors (Lipinski definition) is 8. The third-order valence-electron chi connectivity index (χ3n) is 7.97. The molecular formula is C31H36N6O2S. The lowest BCUT2D eigenvalue weighted by atomic mass is 9.93. The number of Topliss-reactive ketones (excluding diaryl/α,β-unsaturated/α-hetero) is 1. The first-order chi connectivity index (χ1) is 19.0. The van der Waals surface area contributed by atoms with E-state index in [1.54, 1.807) is 11.3 Å². The first-order valence-electron chi connectivity index (χ1n) is 13.8. The number of rotatable bonds is 9. The molecule has 5 aromatic rings. The highest BCUT2D eigenvalue weighted by molar-refractivity contribution is 7.23. The fourth-order valence-electron chi connectivity index (χ4n) is 5.18. The third kappa shape index (κ3) is 5.15. The van der Waals surface area contributed by atoms with E-state index in [9.17, 15) is 4.79 Å². The molecule has 9 heteroatoms. The van der Waals surface area contributed by atoms with Gasteiger partial charge in [-0.2, -0.15) is 0 Å². The summed E-state index contributed by atoms with van der Waals surface area (Å²) in [5.41, 5.74) is 4.81. The minimum absolute atomic E-state index is 0.113. The first kappa shape index (κ1) is 26.7. The molecule has 1 saturated carbocycles. The molecule has 4 heterocycles. The van der Waals surface area contributed by atoms with Crippen molar-refractivity contribution < 1.29 is 9.32 Å². The van der Waals surface area contributed by atoms with Crippen LogP contribution in [0.1, 0.15) is 50.6 Å². The molecule has 0 N–H and O–H groups in total. The molecule has 0 aliphatic heterocycles. The van der Waals surface area contributed by atoms with Gasteiger partial charge in [-0.15, -0.1) is 0 Å². The molecule has 0 radical (unpaired) electrons. The summed E-state index contributed by atoms with van der Waals surface area (Å²) in [6, 6.07) is 14.2. The van der Waals surface area contributed by atoms with E-state index in [0.717, 1.165) is 50.3 Å². The van der Waals surface area contributed by atoms with Crippen molar-refractivity contribution in [3.63, 3.8) is 0 Å². The minimum atomic E-state index is -0.125. The predicted octanol–water partition coefficient (Wildman–Crippen LogP) is 5.78. The number of thiazole rings is 1. The number of hydrogen-bond donors (Lipinski definition) is 0. The zero-order valence-corrected chi connectivity index (χ0v) is 24.9. The van der Waals surface area contributed by atoms with Crippen LogP contribution in [-0.4, -0.2) is 63.4 Å². The van der Waals surface area contributed by atoms with Crippen molar-refractivity contribution in [2.75, 3.05) is 32.6 Å². The van der Waals surface area contributed by atoms with E-state index < -0.39 is 0 Å². The number of pyridine rings is 1. The molecule has 0 bridgehead atoms. The Morgan fingerprint density at radius 3 is 2.45 bits per heavy atom. The first-order valence-corrected chi connectivity index (χ1v) is 14.6. The van der Waals surface area contributed by atoms with E-state index in [1.165, 1.54) is 12.8 Å². The maximum Gasteiger partial charge on any atom is 0.196 e. The van der Waals surface area contributed by atoms with Gasteiger partial charge in [-0.3, -0.25) is 9.20 Å². The second-order valence-electron chi connectivity index (χ2n) is 12.4. The molecule has 1 aliphatic carbocycles. The topological polar surface area (TPSA) is 79.8 Å². The van der Waals surface area contributed by atoms with Gasteiger partial charge in [0, 0.05) is 48.8 Å². The summed E-state index contributed by atoms with van der Waals surface area (Å²) in [4.78, 5) is 29.0. The van der Waals surface area contributed by atoms with E-state index in [2.05, 4.69) is 79.6 Å². The SMILES string of the molecule is CN(CC1(N(C)C)CC1)c1ccc2c(n1)sc1nc(-c3ccc(CC(=O)Cc4cc(C(C)(C)C)on4)cc3)cn12. The molecular weight excluding hydrogens is 520 g/mol. The average Bonchev–Trinajstić information content (AvgIpc) is 3.21. The van der Waals surface area contributed by atoms with Crippen LogP contribution in [0.25, 0.3) is 26.6 Å². The third-order valence-corrected chi connectivity index (χ3v) is 8.94. The quantitative estimate of drug-likeness (QED) is 0.228. The molecule has 1 aliphatic rings. The van der Waals surface area contributed by atoms with Crippen LogP contribution in [0.3, 0.4) is 0 Å². The van der Waals surface area contributed by atoms with E-state index in [4.69, 9.17) is 14.5 Å². The van der Waals surface area contributed by atoms with Gasteiger partial charge in [0.05, 0.1) is 23.3 Å². The van der Waals surface area contributed by atoms with Gasteiger partial charge < -0.3 is 14.3 Å². The zero-order chi connectivity index (χ0) is 28.2. The second-order valence-corrected chi connectivity index (χ2v) is 13.3. The van der Waals surface area contributed by atoms with Gasteiger partial charge in [0.2, 0.25) is 0 Å². The second kappa shape index (κ2) is 9.82. The van der Waals surface area contributed by atoms with Crippen molar-refractivity contribution in [1.29, 1.82) is 0 Å². The number of imidazole rings is 1. The Labute approximate surface area is 238 Å². The van der Waals surface area contributed by atoms with Crippen LogP contribution in [0, 0.1) is 0 Å². The molecule has 0 atom stereocenters. The molecule has 1 aromatic carbocycles. The largest absolute Gasteiger partial charge is 0.361 e. The van der Waals surface area contributed by atoms with Crippen LogP contribution >= 0.6 is 11.3 Å². The van der Waals surface area contributed by atoms with Gasteiger partial charge in [-0.25, -0.2) is 9.97 Å². The Morgan fingerprint density at radius 1 is 1.05 bits per heavy atom.